The first-order chi connectivity index (χ1) is 12.0. The van der Waals surface area contributed by atoms with Crippen LogP contribution in [0.15, 0.2) is 24.3 Å². The monoisotopic (exact) mass is 342 g/mol. The molecule has 0 aromatic heterocycles. The van der Waals surface area contributed by atoms with Crippen LogP contribution < -0.4 is 5.32 Å². The second-order valence-corrected chi connectivity index (χ2v) is 8.07. The summed E-state index contributed by atoms with van der Waals surface area (Å²) in [7, 11) is 0. The Kier molecular flexibility index (Phi) is 5.45. The molecule has 1 saturated heterocycles. The van der Waals surface area contributed by atoms with Crippen LogP contribution in [0.2, 0.25) is 0 Å². The lowest BCUT2D eigenvalue weighted by atomic mass is 9.80. The maximum Gasteiger partial charge on any atom is 0.227 e. The summed E-state index contributed by atoms with van der Waals surface area (Å²) >= 11 is 0. The zero-order valence-corrected chi connectivity index (χ0v) is 15.5. The predicted molar refractivity (Wildman–Crippen MR) is 98.9 cm³/mol. The topological polar surface area (TPSA) is 49.4 Å². The molecule has 136 valence electrons. The molecule has 1 unspecified atom stereocenters. The fourth-order valence-electron chi connectivity index (χ4n) is 4.15. The molecular weight excluding hydrogens is 312 g/mol. The van der Waals surface area contributed by atoms with Gasteiger partial charge in [0.2, 0.25) is 11.8 Å². The van der Waals surface area contributed by atoms with Crippen molar-refractivity contribution in [1.82, 2.24) is 10.2 Å². The van der Waals surface area contributed by atoms with E-state index in [1.54, 1.807) is 0 Å². The van der Waals surface area contributed by atoms with E-state index in [1.807, 2.05) is 11.8 Å². The second kappa shape index (κ2) is 7.59. The van der Waals surface area contributed by atoms with Crippen LogP contribution in [0.5, 0.6) is 0 Å². The molecule has 1 atom stereocenters. The van der Waals surface area contributed by atoms with Gasteiger partial charge in [0.15, 0.2) is 0 Å². The van der Waals surface area contributed by atoms with Crippen LogP contribution in [-0.4, -0.2) is 29.8 Å². The van der Waals surface area contributed by atoms with Crippen LogP contribution in [0.1, 0.15) is 56.6 Å². The lowest BCUT2D eigenvalue weighted by molar-refractivity contribution is -0.143. The van der Waals surface area contributed by atoms with Crippen molar-refractivity contribution in [3.8, 4) is 0 Å². The summed E-state index contributed by atoms with van der Waals surface area (Å²) in [4.78, 5) is 27.5. The summed E-state index contributed by atoms with van der Waals surface area (Å²) in [6.07, 6.45) is 6.13. The van der Waals surface area contributed by atoms with Crippen LogP contribution in [0.3, 0.4) is 0 Å². The van der Waals surface area contributed by atoms with Crippen LogP contribution in [0.4, 0.5) is 0 Å². The Balaban J connectivity index is 1.58. The summed E-state index contributed by atoms with van der Waals surface area (Å²) in [6.45, 7) is 5.97. The van der Waals surface area contributed by atoms with Crippen molar-refractivity contribution in [3.63, 3.8) is 0 Å². The van der Waals surface area contributed by atoms with E-state index < -0.39 is 5.41 Å². The normalized spacial score (nSPS) is 24.3. The molecule has 0 bridgehead atoms. The first-order valence-electron chi connectivity index (χ1n) is 9.61. The molecule has 1 N–H and O–H groups in total. The number of aryl methyl sites for hydroxylation is 1. The molecule has 2 amide bonds. The minimum Gasteiger partial charge on any atom is -0.351 e. The molecule has 25 heavy (non-hydrogen) atoms. The summed E-state index contributed by atoms with van der Waals surface area (Å²) in [5, 5.41) is 3.08. The van der Waals surface area contributed by atoms with Gasteiger partial charge in [0, 0.05) is 25.6 Å². The van der Waals surface area contributed by atoms with Gasteiger partial charge < -0.3 is 10.2 Å². The number of amides is 2. The number of piperidine rings is 1. The second-order valence-electron chi connectivity index (χ2n) is 8.07. The molecule has 2 fully saturated rings. The Bertz CT molecular complexity index is 619. The average molecular weight is 342 g/mol. The maximum atomic E-state index is 12.8. The SMILES string of the molecule is Cc1ccc(CNC(=O)C2(C)CCCN(C(=O)C3CCCC3)C2)cc1. The Morgan fingerprint density at radius 2 is 1.84 bits per heavy atom. The van der Waals surface area contributed by atoms with E-state index in [1.165, 1.54) is 18.4 Å². The molecule has 4 heteroatoms. The number of rotatable bonds is 4. The molecular formula is C21H30N2O2. The highest BCUT2D eigenvalue weighted by Crippen LogP contribution is 2.33. The highest BCUT2D eigenvalue weighted by molar-refractivity contribution is 5.85. The minimum absolute atomic E-state index is 0.0667. The van der Waals surface area contributed by atoms with E-state index in [0.717, 1.165) is 37.8 Å². The molecule has 3 rings (SSSR count). The van der Waals surface area contributed by atoms with Crippen LogP contribution in [0, 0.1) is 18.3 Å². The highest BCUT2D eigenvalue weighted by atomic mass is 16.2. The van der Waals surface area contributed by atoms with Crippen molar-refractivity contribution in [1.29, 1.82) is 0 Å². The number of hydrogen-bond donors (Lipinski definition) is 1. The van der Waals surface area contributed by atoms with Crippen molar-refractivity contribution >= 4 is 11.8 Å². The van der Waals surface area contributed by atoms with E-state index in [4.69, 9.17) is 0 Å². The van der Waals surface area contributed by atoms with E-state index >= 15 is 0 Å². The summed E-state index contributed by atoms with van der Waals surface area (Å²) in [5.74, 6) is 0.532. The van der Waals surface area contributed by atoms with Gasteiger partial charge in [0.05, 0.1) is 5.41 Å². The largest absolute Gasteiger partial charge is 0.351 e. The Hall–Kier alpha value is -1.84. The smallest absolute Gasteiger partial charge is 0.227 e. The van der Waals surface area contributed by atoms with Gasteiger partial charge in [-0.1, -0.05) is 42.7 Å². The zero-order chi connectivity index (χ0) is 17.9. The van der Waals surface area contributed by atoms with Crippen molar-refractivity contribution < 1.29 is 9.59 Å². The lowest BCUT2D eigenvalue weighted by Crippen LogP contribution is -2.52. The first kappa shape index (κ1) is 18.0. The molecule has 1 heterocycles. The standard InChI is InChI=1S/C21H30N2O2/c1-16-8-10-17(11-9-16)14-22-20(25)21(2)12-5-13-23(15-21)19(24)18-6-3-4-7-18/h8-11,18H,3-7,12-15H2,1-2H3,(H,22,25). The van der Waals surface area contributed by atoms with Crippen LogP contribution in [-0.2, 0) is 16.1 Å². The van der Waals surface area contributed by atoms with Gasteiger partial charge in [-0.3, -0.25) is 9.59 Å². The van der Waals surface area contributed by atoms with Crippen LogP contribution >= 0.6 is 0 Å². The highest BCUT2D eigenvalue weighted by Gasteiger charge is 2.40. The Morgan fingerprint density at radius 1 is 1.16 bits per heavy atom. The summed E-state index contributed by atoms with van der Waals surface area (Å²) in [6, 6.07) is 8.22. The molecule has 2 aliphatic rings. The number of nitrogens with zero attached hydrogens (tertiary/aromatic N) is 1. The molecule has 0 radical (unpaired) electrons. The van der Waals surface area contributed by atoms with Gasteiger partial charge in [0.25, 0.3) is 0 Å². The number of likely N-dealkylation sites (tertiary alicyclic amines) is 1. The van der Waals surface area contributed by atoms with Crippen molar-refractivity contribution in [2.75, 3.05) is 13.1 Å². The number of benzene rings is 1. The minimum atomic E-state index is -0.475. The van der Waals surface area contributed by atoms with Crippen LogP contribution in [0.25, 0.3) is 0 Å². The van der Waals surface area contributed by atoms with Crippen molar-refractivity contribution in [2.45, 2.75) is 58.9 Å². The number of carbonyl (C=O) groups is 2. The third kappa shape index (κ3) is 4.23. The third-order valence-corrected chi connectivity index (χ3v) is 5.83. The molecule has 1 saturated carbocycles. The lowest BCUT2D eigenvalue weighted by Gasteiger charge is -2.40. The average Bonchev–Trinajstić information content (AvgIpc) is 3.15. The van der Waals surface area contributed by atoms with Gasteiger partial charge in [-0.15, -0.1) is 0 Å². The first-order valence-corrected chi connectivity index (χ1v) is 9.61. The Morgan fingerprint density at radius 3 is 2.52 bits per heavy atom. The predicted octanol–water partition coefficient (Wildman–Crippen LogP) is 3.43. The molecule has 4 nitrogen and oxygen atoms in total. The van der Waals surface area contributed by atoms with E-state index in [-0.39, 0.29) is 17.7 Å². The zero-order valence-electron chi connectivity index (χ0n) is 15.5. The van der Waals surface area contributed by atoms with E-state index in [9.17, 15) is 9.59 Å². The van der Waals surface area contributed by atoms with Gasteiger partial charge in [-0.05, 0) is 45.1 Å². The van der Waals surface area contributed by atoms with Crippen molar-refractivity contribution in [2.24, 2.45) is 11.3 Å². The van der Waals surface area contributed by atoms with Gasteiger partial charge in [0.1, 0.15) is 0 Å². The van der Waals surface area contributed by atoms with E-state index in [2.05, 4.69) is 36.5 Å². The summed E-state index contributed by atoms with van der Waals surface area (Å²) in [5.41, 5.74) is 1.85. The van der Waals surface area contributed by atoms with Gasteiger partial charge in [-0.25, -0.2) is 0 Å². The fourth-order valence-corrected chi connectivity index (χ4v) is 4.15. The number of nitrogens with one attached hydrogen (secondary N) is 1. The van der Waals surface area contributed by atoms with Gasteiger partial charge >= 0.3 is 0 Å². The molecule has 0 spiro atoms. The fraction of sp³-hybridized carbons (Fsp3) is 0.619. The molecule has 1 aliphatic heterocycles. The quantitative estimate of drug-likeness (QED) is 0.911. The van der Waals surface area contributed by atoms with Gasteiger partial charge in [-0.2, -0.15) is 0 Å². The molecule has 1 aromatic carbocycles. The maximum absolute atomic E-state index is 12.8. The van der Waals surface area contributed by atoms with E-state index in [0.29, 0.717) is 13.1 Å². The third-order valence-electron chi connectivity index (χ3n) is 5.83. The van der Waals surface area contributed by atoms with Crippen molar-refractivity contribution in [3.05, 3.63) is 35.4 Å². The molecule has 1 aromatic rings. The number of carbonyl (C=O) groups excluding carboxylic acids is 2. The Labute approximate surface area is 151 Å². The summed E-state index contributed by atoms with van der Waals surface area (Å²) < 4.78 is 0. The molecule has 1 aliphatic carbocycles. The number of hydrogen-bond acceptors (Lipinski definition) is 2.